The van der Waals surface area contributed by atoms with Gasteiger partial charge in [0.15, 0.2) is 0 Å². The summed E-state index contributed by atoms with van der Waals surface area (Å²) < 4.78 is 6.06. The van der Waals surface area contributed by atoms with Gasteiger partial charge in [-0.3, -0.25) is 0 Å². The molecule has 1 aliphatic rings. The first-order valence-electron chi connectivity index (χ1n) is 8.66. The highest BCUT2D eigenvalue weighted by atomic mass is 16.5. The van der Waals surface area contributed by atoms with Gasteiger partial charge in [0.2, 0.25) is 0 Å². The smallest absolute Gasteiger partial charge is 0.122 e. The van der Waals surface area contributed by atoms with Crippen LogP contribution in [0.25, 0.3) is 0 Å². The van der Waals surface area contributed by atoms with E-state index in [0.717, 1.165) is 18.1 Å². The van der Waals surface area contributed by atoms with Crippen LogP contribution in [0.5, 0.6) is 5.75 Å². The van der Waals surface area contributed by atoms with Crippen LogP contribution in [0.4, 0.5) is 0 Å². The molecule has 0 saturated heterocycles. The van der Waals surface area contributed by atoms with E-state index in [2.05, 4.69) is 48.5 Å². The Balaban J connectivity index is 1.57. The molecule has 0 unspecified atom stereocenters. The molecule has 1 aliphatic carbocycles. The molecule has 2 aromatic rings. The Morgan fingerprint density at radius 1 is 0.818 bits per heavy atom. The molecule has 0 spiro atoms. The van der Waals surface area contributed by atoms with Gasteiger partial charge in [0, 0.05) is 0 Å². The number of para-hydroxylation sites is 1. The van der Waals surface area contributed by atoms with Crippen molar-refractivity contribution >= 4 is 0 Å². The van der Waals surface area contributed by atoms with E-state index >= 15 is 0 Å². The highest BCUT2D eigenvalue weighted by Crippen LogP contribution is 2.29. The van der Waals surface area contributed by atoms with Crippen LogP contribution in [0.2, 0.25) is 0 Å². The van der Waals surface area contributed by atoms with Crippen molar-refractivity contribution in [1.82, 2.24) is 0 Å². The van der Waals surface area contributed by atoms with Crippen molar-refractivity contribution in [1.29, 1.82) is 0 Å². The number of benzene rings is 2. The highest BCUT2D eigenvalue weighted by molar-refractivity contribution is 5.33. The van der Waals surface area contributed by atoms with Crippen molar-refractivity contribution in [2.45, 2.75) is 51.6 Å². The van der Waals surface area contributed by atoms with E-state index in [-0.39, 0.29) is 0 Å². The van der Waals surface area contributed by atoms with Gasteiger partial charge in [0.1, 0.15) is 12.4 Å². The lowest BCUT2D eigenvalue weighted by Gasteiger charge is -2.21. The Morgan fingerprint density at radius 3 is 2.36 bits per heavy atom. The van der Waals surface area contributed by atoms with Crippen LogP contribution >= 0.6 is 0 Å². The average molecular weight is 294 g/mol. The second-order valence-corrected chi connectivity index (χ2v) is 6.42. The summed E-state index contributed by atoms with van der Waals surface area (Å²) in [5.74, 6) is 1.98. The maximum atomic E-state index is 6.06. The first-order chi connectivity index (χ1) is 10.9. The zero-order valence-corrected chi connectivity index (χ0v) is 13.3. The molecule has 116 valence electrons. The maximum Gasteiger partial charge on any atom is 0.122 e. The van der Waals surface area contributed by atoms with Crippen molar-refractivity contribution in [2.24, 2.45) is 5.92 Å². The van der Waals surface area contributed by atoms with Crippen molar-refractivity contribution in [3.63, 3.8) is 0 Å². The van der Waals surface area contributed by atoms with Gasteiger partial charge in [-0.1, -0.05) is 80.6 Å². The second kappa shape index (κ2) is 8.03. The summed E-state index contributed by atoms with van der Waals surface area (Å²) in [7, 11) is 0. The summed E-state index contributed by atoms with van der Waals surface area (Å²) in [5.41, 5.74) is 2.59. The van der Waals surface area contributed by atoms with E-state index in [0.29, 0.717) is 6.61 Å². The van der Waals surface area contributed by atoms with Gasteiger partial charge in [0.25, 0.3) is 0 Å². The summed E-state index contributed by atoms with van der Waals surface area (Å²) in [6, 6.07) is 18.9. The highest BCUT2D eigenvalue weighted by Gasteiger charge is 2.14. The zero-order valence-electron chi connectivity index (χ0n) is 13.3. The lowest BCUT2D eigenvalue weighted by atomic mass is 9.85. The van der Waals surface area contributed by atoms with Crippen molar-refractivity contribution in [2.75, 3.05) is 0 Å². The average Bonchev–Trinajstić information content (AvgIpc) is 2.61. The quantitative estimate of drug-likeness (QED) is 0.656. The molecule has 0 amide bonds. The molecule has 0 aliphatic heterocycles. The lowest BCUT2D eigenvalue weighted by Crippen LogP contribution is -2.08. The zero-order chi connectivity index (χ0) is 15.0. The van der Waals surface area contributed by atoms with E-state index in [9.17, 15) is 0 Å². The number of rotatable bonds is 6. The minimum absolute atomic E-state index is 0.654. The number of aryl methyl sites for hydroxylation is 1. The maximum absolute atomic E-state index is 6.06. The summed E-state index contributed by atoms with van der Waals surface area (Å²) >= 11 is 0. The van der Waals surface area contributed by atoms with Crippen LogP contribution in [-0.2, 0) is 13.0 Å². The molecule has 1 saturated carbocycles. The molecule has 0 N–H and O–H groups in total. The summed E-state index contributed by atoms with van der Waals surface area (Å²) in [5, 5.41) is 0. The van der Waals surface area contributed by atoms with Crippen molar-refractivity contribution < 1.29 is 4.74 Å². The van der Waals surface area contributed by atoms with Gasteiger partial charge in [-0.15, -0.1) is 0 Å². The molecule has 0 radical (unpaired) electrons. The Kier molecular flexibility index (Phi) is 5.53. The molecule has 22 heavy (non-hydrogen) atoms. The fraction of sp³-hybridized carbons (Fsp3) is 0.429. The molecular weight excluding hydrogens is 268 g/mol. The van der Waals surface area contributed by atoms with Gasteiger partial charge in [0.05, 0.1) is 0 Å². The van der Waals surface area contributed by atoms with Crippen LogP contribution < -0.4 is 4.74 Å². The number of ether oxygens (including phenoxy) is 1. The topological polar surface area (TPSA) is 9.23 Å². The summed E-state index contributed by atoms with van der Waals surface area (Å²) in [4.78, 5) is 0. The summed E-state index contributed by atoms with van der Waals surface area (Å²) in [6.45, 7) is 0.654. The van der Waals surface area contributed by atoms with Gasteiger partial charge in [-0.05, 0) is 36.0 Å². The first-order valence-corrected chi connectivity index (χ1v) is 8.66. The summed E-state index contributed by atoms with van der Waals surface area (Å²) in [6.07, 6.45) is 9.60. The van der Waals surface area contributed by atoms with Crippen LogP contribution in [-0.4, -0.2) is 0 Å². The fourth-order valence-electron chi connectivity index (χ4n) is 3.42. The molecule has 0 aromatic heterocycles. The monoisotopic (exact) mass is 294 g/mol. The Hall–Kier alpha value is -1.76. The molecule has 0 bridgehead atoms. The third kappa shape index (κ3) is 4.37. The minimum atomic E-state index is 0.654. The van der Waals surface area contributed by atoms with Crippen LogP contribution in [0.1, 0.15) is 49.7 Å². The standard InChI is InChI=1S/C21H26O/c1-3-9-18(10-4-1)15-16-20-13-7-8-14-21(20)22-17-19-11-5-2-6-12-19/h2,5-8,11-14,18H,1,3-4,9-10,15-17H2. The third-order valence-corrected chi connectivity index (χ3v) is 4.76. The second-order valence-electron chi connectivity index (χ2n) is 6.42. The molecule has 1 nitrogen and oxygen atoms in total. The van der Waals surface area contributed by atoms with E-state index in [1.807, 2.05) is 6.07 Å². The normalized spacial score (nSPS) is 15.6. The van der Waals surface area contributed by atoms with E-state index in [1.165, 1.54) is 49.7 Å². The molecule has 0 heterocycles. The van der Waals surface area contributed by atoms with E-state index in [4.69, 9.17) is 4.74 Å². The number of hydrogen-bond donors (Lipinski definition) is 0. The van der Waals surface area contributed by atoms with Crippen LogP contribution in [0.15, 0.2) is 54.6 Å². The van der Waals surface area contributed by atoms with Gasteiger partial charge >= 0.3 is 0 Å². The predicted octanol–water partition coefficient (Wildman–Crippen LogP) is 5.78. The Morgan fingerprint density at radius 2 is 1.55 bits per heavy atom. The Labute approximate surface area is 134 Å². The van der Waals surface area contributed by atoms with Crippen LogP contribution in [0, 0.1) is 5.92 Å². The van der Waals surface area contributed by atoms with E-state index in [1.54, 1.807) is 0 Å². The Bertz CT molecular complexity index is 555. The largest absolute Gasteiger partial charge is 0.489 e. The van der Waals surface area contributed by atoms with Crippen molar-refractivity contribution in [3.8, 4) is 5.75 Å². The minimum Gasteiger partial charge on any atom is -0.489 e. The van der Waals surface area contributed by atoms with Gasteiger partial charge in [-0.25, -0.2) is 0 Å². The first kappa shape index (κ1) is 15.1. The molecule has 3 rings (SSSR count). The molecule has 2 aromatic carbocycles. The SMILES string of the molecule is c1ccc(COc2ccccc2CCC2CCCCC2)cc1. The van der Waals surface area contributed by atoms with Gasteiger partial charge in [-0.2, -0.15) is 0 Å². The van der Waals surface area contributed by atoms with Gasteiger partial charge < -0.3 is 4.74 Å². The van der Waals surface area contributed by atoms with E-state index < -0.39 is 0 Å². The number of hydrogen-bond acceptors (Lipinski definition) is 1. The fourth-order valence-corrected chi connectivity index (χ4v) is 3.42. The lowest BCUT2D eigenvalue weighted by molar-refractivity contribution is 0.299. The molecular formula is C21H26O. The molecule has 0 atom stereocenters. The predicted molar refractivity (Wildman–Crippen MR) is 92.1 cm³/mol. The third-order valence-electron chi connectivity index (χ3n) is 4.76. The van der Waals surface area contributed by atoms with Crippen LogP contribution in [0.3, 0.4) is 0 Å². The molecule has 1 fully saturated rings. The molecule has 1 heteroatoms. The van der Waals surface area contributed by atoms with Crippen molar-refractivity contribution in [3.05, 3.63) is 65.7 Å².